The van der Waals surface area contributed by atoms with Crippen molar-refractivity contribution in [3.05, 3.63) is 56.0 Å². The van der Waals surface area contributed by atoms with Gasteiger partial charge < -0.3 is 15.2 Å². The highest BCUT2D eigenvalue weighted by Gasteiger charge is 2.31. The topological polar surface area (TPSA) is 58.6 Å². The maximum atomic E-state index is 13.3. The number of carboxylic acid groups (broad SMARTS) is 1. The van der Waals surface area contributed by atoms with Crippen LogP contribution >= 0.6 is 31.9 Å². The highest BCUT2D eigenvalue weighted by molar-refractivity contribution is 9.11. The van der Waals surface area contributed by atoms with Gasteiger partial charge in [-0.25, -0.2) is 0 Å². The second-order valence-corrected chi connectivity index (χ2v) is 9.02. The van der Waals surface area contributed by atoms with Crippen molar-refractivity contribution < 1.29 is 27.8 Å². The number of hydrogen-bond donors (Lipinski definition) is 2. The molecule has 1 aliphatic rings. The first-order chi connectivity index (χ1) is 14.1. The second-order valence-electron chi connectivity index (χ2n) is 7.31. The molecule has 1 saturated carbocycles. The number of carboxylic acids is 1. The summed E-state index contributed by atoms with van der Waals surface area (Å²) in [7, 11) is 0. The molecule has 0 saturated heterocycles. The molecule has 2 N–H and O–H groups in total. The first-order valence-corrected chi connectivity index (χ1v) is 11.0. The fraction of sp³-hybridized carbons (Fsp3) is 0.381. The molecule has 9 heteroatoms. The van der Waals surface area contributed by atoms with Crippen molar-refractivity contribution in [3.8, 4) is 5.75 Å². The maximum Gasteiger partial charge on any atom is 0.416 e. The van der Waals surface area contributed by atoms with E-state index >= 15 is 0 Å². The summed E-state index contributed by atoms with van der Waals surface area (Å²) in [6, 6.07) is 7.37. The Balaban J connectivity index is 1.75. The molecule has 0 bridgehead atoms. The van der Waals surface area contributed by atoms with Crippen molar-refractivity contribution >= 4 is 43.5 Å². The number of nitrogens with one attached hydrogen (secondary N) is 1. The van der Waals surface area contributed by atoms with Crippen molar-refractivity contribution in [1.82, 2.24) is 0 Å². The van der Waals surface area contributed by atoms with E-state index in [0.717, 1.165) is 30.5 Å². The molecule has 162 valence electrons. The molecule has 0 atom stereocenters. The molecule has 0 amide bonds. The zero-order valence-electron chi connectivity index (χ0n) is 15.9. The molecule has 3 rings (SSSR count). The van der Waals surface area contributed by atoms with Crippen LogP contribution in [0, 0.1) is 5.92 Å². The quantitative estimate of drug-likeness (QED) is 0.367. The molecule has 0 unspecified atom stereocenters. The zero-order chi connectivity index (χ0) is 21.9. The van der Waals surface area contributed by atoms with Crippen LogP contribution in [0.25, 0.3) is 0 Å². The molecule has 0 aliphatic heterocycles. The number of rotatable bonds is 9. The van der Waals surface area contributed by atoms with Gasteiger partial charge in [0.2, 0.25) is 0 Å². The van der Waals surface area contributed by atoms with Gasteiger partial charge >= 0.3 is 12.1 Å². The summed E-state index contributed by atoms with van der Waals surface area (Å²) < 4.78 is 46.9. The van der Waals surface area contributed by atoms with E-state index in [2.05, 4.69) is 37.2 Å². The summed E-state index contributed by atoms with van der Waals surface area (Å²) in [4.78, 5) is 10.7. The van der Waals surface area contributed by atoms with Gasteiger partial charge in [-0.2, -0.15) is 13.2 Å². The highest BCUT2D eigenvalue weighted by atomic mass is 79.9. The first-order valence-electron chi connectivity index (χ1n) is 9.39. The van der Waals surface area contributed by atoms with E-state index in [9.17, 15) is 18.0 Å². The van der Waals surface area contributed by atoms with E-state index in [0.29, 0.717) is 44.8 Å². The van der Waals surface area contributed by atoms with Crippen LogP contribution in [-0.2, 0) is 24.0 Å². The van der Waals surface area contributed by atoms with Crippen molar-refractivity contribution in [2.45, 2.75) is 38.5 Å². The molecule has 1 aliphatic carbocycles. The number of hydrogen-bond acceptors (Lipinski definition) is 3. The number of aryl methyl sites for hydroxylation is 1. The smallest absolute Gasteiger partial charge is 0.416 e. The van der Waals surface area contributed by atoms with Crippen LogP contribution in [0.3, 0.4) is 0 Å². The number of ether oxygens (including phenoxy) is 1. The van der Waals surface area contributed by atoms with Gasteiger partial charge in [-0.1, -0.05) is 0 Å². The van der Waals surface area contributed by atoms with Gasteiger partial charge in [0.1, 0.15) is 12.4 Å². The molecular weight excluding hydrogens is 531 g/mol. The van der Waals surface area contributed by atoms with E-state index in [1.54, 1.807) is 18.2 Å². The van der Waals surface area contributed by atoms with Crippen LogP contribution in [0.4, 0.5) is 18.9 Å². The van der Waals surface area contributed by atoms with Gasteiger partial charge in [0.05, 0.1) is 14.5 Å². The lowest BCUT2D eigenvalue weighted by Crippen LogP contribution is -2.10. The molecule has 2 aromatic carbocycles. The average Bonchev–Trinajstić information content (AvgIpc) is 3.47. The molecule has 4 nitrogen and oxygen atoms in total. The monoisotopic (exact) mass is 549 g/mol. The predicted molar refractivity (Wildman–Crippen MR) is 115 cm³/mol. The van der Waals surface area contributed by atoms with Crippen molar-refractivity contribution in [2.24, 2.45) is 5.92 Å². The summed E-state index contributed by atoms with van der Waals surface area (Å²) in [6.45, 7) is 0.615. The van der Waals surface area contributed by atoms with Crippen LogP contribution in [0.2, 0.25) is 0 Å². The molecule has 1 fully saturated rings. The number of halogens is 5. The van der Waals surface area contributed by atoms with Gasteiger partial charge in [0.25, 0.3) is 0 Å². The van der Waals surface area contributed by atoms with E-state index in [1.165, 1.54) is 0 Å². The van der Waals surface area contributed by atoms with E-state index < -0.39 is 17.7 Å². The van der Waals surface area contributed by atoms with Gasteiger partial charge in [-0.3, -0.25) is 4.79 Å². The average molecular weight is 551 g/mol. The Kier molecular flexibility index (Phi) is 7.34. The molecule has 0 radical (unpaired) electrons. The third-order valence-electron chi connectivity index (χ3n) is 4.68. The Labute approximate surface area is 189 Å². The fourth-order valence-corrected chi connectivity index (χ4v) is 4.44. The predicted octanol–water partition coefficient (Wildman–Crippen LogP) is 6.65. The lowest BCUT2D eigenvalue weighted by molar-refractivity contribution is -0.138. The lowest BCUT2D eigenvalue weighted by atomic mass is 10.1. The summed E-state index contributed by atoms with van der Waals surface area (Å²) in [5, 5.41) is 11.9. The minimum Gasteiger partial charge on any atom is -0.487 e. The third kappa shape index (κ3) is 6.63. The van der Waals surface area contributed by atoms with Gasteiger partial charge in [0, 0.05) is 18.7 Å². The Bertz CT molecular complexity index is 907. The van der Waals surface area contributed by atoms with Crippen molar-refractivity contribution in [1.29, 1.82) is 0 Å². The molecule has 0 aromatic heterocycles. The molecule has 30 heavy (non-hydrogen) atoms. The van der Waals surface area contributed by atoms with Gasteiger partial charge in [-0.05, 0) is 98.5 Å². The van der Waals surface area contributed by atoms with Crippen LogP contribution in [0.5, 0.6) is 5.75 Å². The van der Waals surface area contributed by atoms with Crippen LogP contribution in [0.1, 0.15) is 36.0 Å². The zero-order valence-corrected chi connectivity index (χ0v) is 19.0. The van der Waals surface area contributed by atoms with Gasteiger partial charge in [-0.15, -0.1) is 0 Å². The lowest BCUT2D eigenvalue weighted by Gasteiger charge is -2.16. The number of alkyl halides is 3. The van der Waals surface area contributed by atoms with Crippen molar-refractivity contribution in [3.63, 3.8) is 0 Å². The Morgan fingerprint density at radius 1 is 1.10 bits per heavy atom. The largest absolute Gasteiger partial charge is 0.487 e. The molecule has 0 spiro atoms. The third-order valence-corrected chi connectivity index (χ3v) is 5.86. The van der Waals surface area contributed by atoms with Crippen LogP contribution in [-0.4, -0.2) is 17.6 Å². The Morgan fingerprint density at radius 2 is 1.77 bits per heavy atom. The fourth-order valence-electron chi connectivity index (χ4n) is 2.93. The number of carbonyl (C=O) groups is 1. The van der Waals surface area contributed by atoms with E-state index in [1.807, 2.05) is 0 Å². The minimum atomic E-state index is -4.45. The summed E-state index contributed by atoms with van der Waals surface area (Å²) >= 11 is 6.78. The highest BCUT2D eigenvalue weighted by Crippen LogP contribution is 2.37. The number of benzene rings is 2. The summed E-state index contributed by atoms with van der Waals surface area (Å²) in [5.74, 6) is 0.0861. The minimum absolute atomic E-state index is 0.0000473. The second kappa shape index (κ2) is 9.60. The standard InChI is InChI=1S/C21H20Br2F3NO3/c22-17-7-13(3-4-19(28)29)8-18(23)20(17)30-11-14-5-15(21(24,25)26)9-16(6-14)27-10-12-1-2-12/h5-9,12,27H,1-4,10-11H2,(H,28,29). The maximum absolute atomic E-state index is 13.3. The van der Waals surface area contributed by atoms with Crippen molar-refractivity contribution in [2.75, 3.05) is 11.9 Å². The van der Waals surface area contributed by atoms with Crippen LogP contribution in [0.15, 0.2) is 39.3 Å². The van der Waals surface area contributed by atoms with E-state index in [4.69, 9.17) is 9.84 Å². The van der Waals surface area contributed by atoms with Crippen LogP contribution < -0.4 is 10.1 Å². The molecule has 2 aromatic rings. The van der Waals surface area contributed by atoms with Gasteiger partial charge in [0.15, 0.2) is 0 Å². The Morgan fingerprint density at radius 3 is 2.33 bits per heavy atom. The number of aliphatic carboxylic acids is 1. The molecule has 0 heterocycles. The SMILES string of the molecule is O=C(O)CCc1cc(Br)c(OCc2cc(NCC3CC3)cc(C(F)(F)F)c2)c(Br)c1. The van der Waals surface area contributed by atoms with E-state index in [-0.39, 0.29) is 13.0 Å². The Hall–Kier alpha value is -1.74. The number of anilines is 1. The normalized spacial score (nSPS) is 13.9. The summed E-state index contributed by atoms with van der Waals surface area (Å²) in [5.41, 5.74) is 0.910. The molecular formula is C21H20Br2F3NO3. The summed E-state index contributed by atoms with van der Waals surface area (Å²) in [6.07, 6.45) is -1.88. The first kappa shape index (κ1) is 22.9.